The zero-order chi connectivity index (χ0) is 34.1. The minimum absolute atomic E-state index is 0.0909. The number of sulfonamides is 1. The first-order chi connectivity index (χ1) is 23.7. The van der Waals surface area contributed by atoms with E-state index in [1.807, 2.05) is 67.1 Å². The number of aryl methyl sites for hydroxylation is 3. The lowest BCUT2D eigenvalue weighted by Crippen LogP contribution is -2.43. The second-order valence-corrected chi connectivity index (χ2v) is 15.0. The van der Waals surface area contributed by atoms with Gasteiger partial charge in [0.25, 0.3) is 0 Å². The topological polar surface area (TPSA) is 119 Å². The van der Waals surface area contributed by atoms with Crippen molar-refractivity contribution in [2.75, 3.05) is 51.8 Å². The van der Waals surface area contributed by atoms with E-state index in [9.17, 15) is 18.3 Å². The number of fused-ring (bicyclic) bond motifs is 3. The summed E-state index contributed by atoms with van der Waals surface area (Å²) in [4.78, 5) is 15.3. The quantitative estimate of drug-likeness (QED) is 0.214. The predicted octanol–water partition coefficient (Wildman–Crippen LogP) is 5.08. The summed E-state index contributed by atoms with van der Waals surface area (Å²) in [6.07, 6.45) is 1.38. The molecule has 0 aliphatic carbocycles. The third kappa shape index (κ3) is 6.58. The lowest BCUT2D eigenvalue weighted by atomic mass is 9.98. The molecule has 1 N–H and O–H groups in total. The number of hydrogen-bond donors (Lipinski definition) is 1. The fourth-order valence-electron chi connectivity index (χ4n) is 7.39. The maximum atomic E-state index is 13.9. The summed E-state index contributed by atoms with van der Waals surface area (Å²) in [5, 5.41) is 18.5. The van der Waals surface area contributed by atoms with E-state index in [0.717, 1.165) is 62.9 Å². The van der Waals surface area contributed by atoms with Gasteiger partial charge in [0.15, 0.2) is 0 Å². The number of para-hydroxylation sites is 1. The zero-order valence-corrected chi connectivity index (χ0v) is 28.9. The van der Waals surface area contributed by atoms with Crippen molar-refractivity contribution in [1.29, 1.82) is 0 Å². The first-order valence-electron chi connectivity index (χ1n) is 17.0. The molecule has 1 saturated heterocycles. The van der Waals surface area contributed by atoms with Crippen molar-refractivity contribution in [3.63, 3.8) is 0 Å². The number of carboxylic acid groups (broad SMARTS) is 1. The third-order valence-corrected chi connectivity index (χ3v) is 11.8. The number of rotatable bonds is 9. The van der Waals surface area contributed by atoms with Crippen molar-refractivity contribution in [3.8, 4) is 16.9 Å². The molecule has 2 aliphatic heterocycles. The van der Waals surface area contributed by atoms with Gasteiger partial charge >= 0.3 is 5.97 Å². The molecule has 2 aliphatic rings. The maximum Gasteiger partial charge on any atom is 0.352 e. The van der Waals surface area contributed by atoms with Gasteiger partial charge < -0.3 is 19.1 Å². The Bertz CT molecular complexity index is 2110. The number of morpholine rings is 1. The van der Waals surface area contributed by atoms with Gasteiger partial charge in [0.05, 0.1) is 43.3 Å². The van der Waals surface area contributed by atoms with Gasteiger partial charge in [-0.2, -0.15) is 9.40 Å². The normalized spacial score (nSPS) is 17.2. The van der Waals surface area contributed by atoms with Gasteiger partial charge in [-0.1, -0.05) is 54.6 Å². The highest BCUT2D eigenvalue weighted by Gasteiger charge is 2.31. The molecule has 0 saturated carbocycles. The molecule has 3 aromatic carbocycles. The number of ether oxygens (including phenoxy) is 2. The van der Waals surface area contributed by atoms with Gasteiger partial charge in [-0.25, -0.2) is 13.2 Å². The Balaban J connectivity index is 1.25. The minimum atomic E-state index is -3.68. The third-order valence-electron chi connectivity index (χ3n) is 9.92. The summed E-state index contributed by atoms with van der Waals surface area (Å²) in [7, 11) is -1.81. The summed E-state index contributed by atoms with van der Waals surface area (Å²) in [5.74, 6) is -0.317. The molecule has 0 spiro atoms. The molecular weight excluding hydrogens is 643 g/mol. The predicted molar refractivity (Wildman–Crippen MR) is 190 cm³/mol. The molecule has 0 unspecified atom stereocenters. The molecule has 12 heteroatoms. The molecule has 0 amide bonds. The van der Waals surface area contributed by atoms with Crippen molar-refractivity contribution in [1.82, 2.24) is 23.6 Å². The van der Waals surface area contributed by atoms with Gasteiger partial charge in [0.1, 0.15) is 11.4 Å². The second-order valence-electron chi connectivity index (χ2n) is 12.9. The van der Waals surface area contributed by atoms with E-state index < -0.39 is 16.0 Å². The molecule has 49 heavy (non-hydrogen) atoms. The van der Waals surface area contributed by atoms with Crippen molar-refractivity contribution < 1.29 is 27.8 Å². The highest BCUT2D eigenvalue weighted by atomic mass is 32.2. The Morgan fingerprint density at radius 3 is 2.55 bits per heavy atom. The van der Waals surface area contributed by atoms with Gasteiger partial charge in [-0.15, -0.1) is 0 Å². The summed E-state index contributed by atoms with van der Waals surface area (Å²) < 4.78 is 44.7. The molecule has 0 bridgehead atoms. The van der Waals surface area contributed by atoms with E-state index in [4.69, 9.17) is 14.6 Å². The average Bonchev–Trinajstić information content (AvgIpc) is 3.56. The largest absolute Gasteiger partial charge is 0.493 e. The van der Waals surface area contributed by atoms with Gasteiger partial charge in [-0.05, 0) is 43.2 Å². The summed E-state index contributed by atoms with van der Waals surface area (Å²) in [5.41, 5.74) is 5.02. The maximum absolute atomic E-state index is 13.9. The zero-order valence-electron chi connectivity index (χ0n) is 28.1. The molecule has 2 aromatic heterocycles. The smallest absolute Gasteiger partial charge is 0.352 e. The van der Waals surface area contributed by atoms with Crippen LogP contribution in [0.5, 0.6) is 5.75 Å². The highest BCUT2D eigenvalue weighted by Crippen LogP contribution is 2.39. The average molecular weight is 686 g/mol. The Morgan fingerprint density at radius 2 is 1.73 bits per heavy atom. The van der Waals surface area contributed by atoms with Crippen LogP contribution in [0.15, 0.2) is 60.7 Å². The van der Waals surface area contributed by atoms with E-state index in [0.29, 0.717) is 51.4 Å². The van der Waals surface area contributed by atoms with E-state index in [1.54, 1.807) is 8.99 Å². The number of aromatic nitrogens is 3. The van der Waals surface area contributed by atoms with E-state index in [1.165, 1.54) is 0 Å². The van der Waals surface area contributed by atoms with E-state index in [-0.39, 0.29) is 31.0 Å². The highest BCUT2D eigenvalue weighted by molar-refractivity contribution is 7.89. The lowest BCUT2D eigenvalue weighted by molar-refractivity contribution is 0.0361. The van der Waals surface area contributed by atoms with Crippen LogP contribution in [0.4, 0.5) is 0 Å². The minimum Gasteiger partial charge on any atom is -0.493 e. The van der Waals surface area contributed by atoms with Crippen molar-refractivity contribution in [2.45, 2.75) is 39.3 Å². The fourth-order valence-corrected chi connectivity index (χ4v) is 8.82. The van der Waals surface area contributed by atoms with Crippen LogP contribution in [-0.4, -0.2) is 94.8 Å². The lowest BCUT2D eigenvalue weighted by Gasteiger charge is -2.29. The number of aromatic carboxylic acids is 1. The Kier molecular flexibility index (Phi) is 9.47. The molecular formula is C37H43N5O6S. The Labute approximate surface area is 286 Å². The van der Waals surface area contributed by atoms with Crippen molar-refractivity contribution in [2.24, 2.45) is 7.05 Å². The fraction of sp³-hybridized carbons (Fsp3) is 0.405. The van der Waals surface area contributed by atoms with Gasteiger partial charge in [-0.3, -0.25) is 9.58 Å². The van der Waals surface area contributed by atoms with Crippen LogP contribution in [0.1, 0.15) is 40.3 Å². The van der Waals surface area contributed by atoms with Gasteiger partial charge in [0.2, 0.25) is 10.0 Å². The Hall–Kier alpha value is -4.23. The van der Waals surface area contributed by atoms with Crippen molar-refractivity contribution in [3.05, 3.63) is 83.3 Å². The van der Waals surface area contributed by atoms with Gasteiger partial charge in [0, 0.05) is 67.4 Å². The molecule has 1 fully saturated rings. The van der Waals surface area contributed by atoms with Crippen LogP contribution in [0, 0.1) is 6.92 Å². The van der Waals surface area contributed by atoms with Crippen LogP contribution in [0.25, 0.3) is 32.8 Å². The number of nitrogens with zero attached hydrogens (tertiary/aromatic N) is 5. The van der Waals surface area contributed by atoms with Crippen LogP contribution in [0.2, 0.25) is 0 Å². The SMILES string of the molecule is Cc1c2c(nn1C)CN(CCN1CCOCC1)S(=O)(=O)CCCn1c(C(=O)O)c(CCCOc3cccc4ccccc34)c3cccc-2c31. The first kappa shape index (κ1) is 33.3. The first-order valence-corrected chi connectivity index (χ1v) is 18.6. The number of hydrogen-bond acceptors (Lipinski definition) is 7. The van der Waals surface area contributed by atoms with Crippen molar-refractivity contribution >= 4 is 37.7 Å². The van der Waals surface area contributed by atoms with Crippen LogP contribution < -0.4 is 4.74 Å². The number of carbonyl (C=O) groups is 1. The molecule has 0 radical (unpaired) electrons. The standard InChI is InChI=1S/C37H43N5O6S/c1-26-34-31-13-6-12-29-30(14-7-21-48-33-15-5-10-27-9-3-4-11-28(27)33)36(37(43)44)42(35(29)31)16-8-24-49(45,46)41(25-32(34)38-39(26)2)18-17-40-19-22-47-23-20-40/h3-6,9-13,15H,7-8,14,16-25H2,1-2H3,(H,43,44). The molecule has 5 aromatic rings. The Morgan fingerprint density at radius 1 is 0.980 bits per heavy atom. The monoisotopic (exact) mass is 685 g/mol. The molecule has 0 atom stereocenters. The second kappa shape index (κ2) is 13.9. The molecule has 7 rings (SSSR count). The molecule has 258 valence electrons. The van der Waals surface area contributed by atoms with Crippen LogP contribution >= 0.6 is 0 Å². The summed E-state index contributed by atoms with van der Waals surface area (Å²) >= 11 is 0. The number of carboxylic acids is 1. The molecule has 4 heterocycles. The van der Waals surface area contributed by atoms with Crippen LogP contribution in [-0.2, 0) is 41.3 Å². The number of benzene rings is 3. The molecule has 11 nitrogen and oxygen atoms in total. The van der Waals surface area contributed by atoms with E-state index >= 15 is 0 Å². The summed E-state index contributed by atoms with van der Waals surface area (Å²) in [6.45, 7) is 6.59. The van der Waals surface area contributed by atoms with Crippen LogP contribution in [0.3, 0.4) is 0 Å². The van der Waals surface area contributed by atoms with E-state index in [2.05, 4.69) is 17.0 Å². The summed E-state index contributed by atoms with van der Waals surface area (Å²) in [6, 6.07) is 20.0.